The van der Waals surface area contributed by atoms with Crippen molar-refractivity contribution in [3.63, 3.8) is 0 Å². The van der Waals surface area contributed by atoms with Gasteiger partial charge in [-0.1, -0.05) is 18.2 Å². The maximum atomic E-state index is 12.0. The summed E-state index contributed by atoms with van der Waals surface area (Å²) in [4.78, 5) is 35.2. The zero-order chi connectivity index (χ0) is 21.9. The van der Waals surface area contributed by atoms with Gasteiger partial charge in [-0.25, -0.2) is 10.2 Å². The molecular formula is C22H25N3O5. The topological polar surface area (TPSA) is 106 Å². The summed E-state index contributed by atoms with van der Waals surface area (Å²) in [6.45, 7) is 5.74. The van der Waals surface area contributed by atoms with Gasteiger partial charge in [-0.2, -0.15) is 5.10 Å². The molecule has 0 fully saturated rings. The molecule has 2 aromatic rings. The van der Waals surface area contributed by atoms with Crippen molar-refractivity contribution >= 4 is 29.7 Å². The van der Waals surface area contributed by atoms with Gasteiger partial charge in [0.05, 0.1) is 12.8 Å². The second-order valence-corrected chi connectivity index (χ2v) is 6.48. The Hall–Kier alpha value is -3.68. The van der Waals surface area contributed by atoms with Crippen LogP contribution in [0.4, 0.5) is 5.69 Å². The van der Waals surface area contributed by atoms with Gasteiger partial charge in [-0.3, -0.25) is 9.59 Å². The van der Waals surface area contributed by atoms with Crippen LogP contribution in [-0.2, 0) is 19.1 Å². The number of ether oxygens (including phenoxy) is 2. The van der Waals surface area contributed by atoms with Crippen molar-refractivity contribution in [3.05, 3.63) is 59.2 Å². The molecule has 158 valence electrons. The highest BCUT2D eigenvalue weighted by atomic mass is 16.6. The smallest absolute Gasteiger partial charge is 0.344 e. The van der Waals surface area contributed by atoms with E-state index in [1.165, 1.54) is 6.21 Å². The van der Waals surface area contributed by atoms with Crippen molar-refractivity contribution in [2.75, 3.05) is 18.5 Å². The highest BCUT2D eigenvalue weighted by Gasteiger charge is 2.09. The van der Waals surface area contributed by atoms with Gasteiger partial charge in [-0.15, -0.1) is 0 Å². The first-order valence-electron chi connectivity index (χ1n) is 9.45. The van der Waals surface area contributed by atoms with Crippen LogP contribution in [0.1, 0.15) is 30.0 Å². The molecule has 0 bridgehead atoms. The lowest BCUT2D eigenvalue weighted by Crippen LogP contribution is -2.24. The van der Waals surface area contributed by atoms with Crippen LogP contribution in [0.15, 0.2) is 47.6 Å². The largest absolute Gasteiger partial charge is 0.482 e. The van der Waals surface area contributed by atoms with Crippen molar-refractivity contribution in [1.29, 1.82) is 0 Å². The first-order valence-corrected chi connectivity index (χ1v) is 9.45. The number of benzene rings is 2. The van der Waals surface area contributed by atoms with Crippen molar-refractivity contribution in [2.24, 2.45) is 5.10 Å². The van der Waals surface area contributed by atoms with Crippen LogP contribution >= 0.6 is 0 Å². The third-order valence-corrected chi connectivity index (χ3v) is 4.03. The van der Waals surface area contributed by atoms with E-state index in [2.05, 4.69) is 15.8 Å². The van der Waals surface area contributed by atoms with Crippen molar-refractivity contribution in [1.82, 2.24) is 5.43 Å². The molecule has 0 aliphatic carbocycles. The van der Waals surface area contributed by atoms with Gasteiger partial charge in [0.2, 0.25) is 11.8 Å². The summed E-state index contributed by atoms with van der Waals surface area (Å²) in [6, 6.07) is 12.3. The number of esters is 1. The van der Waals surface area contributed by atoms with Gasteiger partial charge in [-0.05, 0) is 61.7 Å². The molecule has 0 aromatic heterocycles. The standard InChI is InChI=1S/C22H25N3O5/c1-4-29-22(28)14-30-19-7-5-6-17(11-19)13-23-25-21(27)12-20(26)24-18-9-8-15(2)16(3)10-18/h5-11,13H,4,12,14H2,1-3H3,(H,24,26)(H,25,27). The Labute approximate surface area is 175 Å². The summed E-state index contributed by atoms with van der Waals surface area (Å²) in [5, 5.41) is 6.52. The number of hydrazone groups is 1. The van der Waals surface area contributed by atoms with Crippen LogP contribution in [0.3, 0.4) is 0 Å². The van der Waals surface area contributed by atoms with Gasteiger partial charge in [0.1, 0.15) is 12.2 Å². The maximum absolute atomic E-state index is 12.0. The Kier molecular flexibility index (Phi) is 8.56. The molecule has 8 nitrogen and oxygen atoms in total. The Bertz CT molecular complexity index is 940. The zero-order valence-electron chi connectivity index (χ0n) is 17.2. The fourth-order valence-corrected chi connectivity index (χ4v) is 2.42. The van der Waals surface area contributed by atoms with E-state index in [-0.39, 0.29) is 19.6 Å². The van der Waals surface area contributed by atoms with E-state index in [1.807, 2.05) is 26.0 Å². The average molecular weight is 411 g/mol. The Balaban J connectivity index is 1.80. The van der Waals surface area contributed by atoms with E-state index in [0.717, 1.165) is 11.1 Å². The molecular weight excluding hydrogens is 386 g/mol. The predicted molar refractivity (Wildman–Crippen MR) is 113 cm³/mol. The van der Waals surface area contributed by atoms with Gasteiger partial charge in [0.15, 0.2) is 6.61 Å². The summed E-state index contributed by atoms with van der Waals surface area (Å²) in [5.74, 6) is -0.961. The summed E-state index contributed by atoms with van der Waals surface area (Å²) in [5.41, 5.74) is 5.77. The SMILES string of the molecule is CCOC(=O)COc1cccc(C=NNC(=O)CC(=O)Nc2ccc(C)c(C)c2)c1. The summed E-state index contributed by atoms with van der Waals surface area (Å²) in [7, 11) is 0. The van der Waals surface area contributed by atoms with Crippen molar-refractivity contribution in [3.8, 4) is 5.75 Å². The van der Waals surface area contributed by atoms with Crippen LogP contribution in [0.2, 0.25) is 0 Å². The molecule has 2 rings (SSSR count). The number of anilines is 1. The first kappa shape index (κ1) is 22.6. The van der Waals surface area contributed by atoms with E-state index in [0.29, 0.717) is 17.0 Å². The van der Waals surface area contributed by atoms with Crippen LogP contribution in [-0.4, -0.2) is 37.2 Å². The minimum Gasteiger partial charge on any atom is -0.482 e. The fraction of sp³-hybridized carbons (Fsp3) is 0.273. The predicted octanol–water partition coefficient (Wildman–Crippen LogP) is 2.72. The zero-order valence-corrected chi connectivity index (χ0v) is 17.2. The molecule has 0 heterocycles. The quantitative estimate of drug-likeness (QED) is 0.286. The third-order valence-electron chi connectivity index (χ3n) is 4.03. The fourth-order valence-electron chi connectivity index (χ4n) is 2.42. The van der Waals surface area contributed by atoms with E-state index in [9.17, 15) is 14.4 Å². The second kappa shape index (κ2) is 11.4. The molecule has 0 saturated carbocycles. The van der Waals surface area contributed by atoms with Crippen LogP contribution in [0.25, 0.3) is 0 Å². The molecule has 0 aliphatic rings. The van der Waals surface area contributed by atoms with E-state index < -0.39 is 17.8 Å². The molecule has 8 heteroatoms. The average Bonchev–Trinajstić information content (AvgIpc) is 2.70. The normalized spacial score (nSPS) is 10.5. The number of amides is 2. The minimum absolute atomic E-state index is 0.194. The molecule has 0 aliphatic heterocycles. The van der Waals surface area contributed by atoms with E-state index in [4.69, 9.17) is 9.47 Å². The van der Waals surface area contributed by atoms with Crippen LogP contribution < -0.4 is 15.5 Å². The third kappa shape index (κ3) is 7.75. The molecule has 0 unspecified atom stereocenters. The first-order chi connectivity index (χ1) is 14.4. The number of hydrogen-bond acceptors (Lipinski definition) is 6. The number of nitrogens with one attached hydrogen (secondary N) is 2. The van der Waals surface area contributed by atoms with E-state index >= 15 is 0 Å². The number of nitrogens with zero attached hydrogens (tertiary/aromatic N) is 1. The molecule has 0 atom stereocenters. The monoisotopic (exact) mass is 411 g/mol. The van der Waals surface area contributed by atoms with Gasteiger partial charge in [0, 0.05) is 5.69 Å². The lowest BCUT2D eigenvalue weighted by Gasteiger charge is -2.07. The molecule has 2 N–H and O–H groups in total. The minimum atomic E-state index is -0.540. The highest BCUT2D eigenvalue weighted by Crippen LogP contribution is 2.14. The number of hydrogen-bond donors (Lipinski definition) is 2. The van der Waals surface area contributed by atoms with Gasteiger partial charge >= 0.3 is 5.97 Å². The summed E-state index contributed by atoms with van der Waals surface area (Å²) >= 11 is 0. The number of rotatable bonds is 9. The lowest BCUT2D eigenvalue weighted by molar-refractivity contribution is -0.145. The summed E-state index contributed by atoms with van der Waals surface area (Å²) in [6.07, 6.45) is 1.06. The molecule has 0 saturated heterocycles. The number of aryl methyl sites for hydroxylation is 2. The Morgan fingerprint density at radius 3 is 2.57 bits per heavy atom. The number of carbonyl (C=O) groups is 3. The Morgan fingerprint density at radius 1 is 1.03 bits per heavy atom. The summed E-state index contributed by atoms with van der Waals surface area (Å²) < 4.78 is 10.1. The maximum Gasteiger partial charge on any atom is 0.344 e. The Morgan fingerprint density at radius 2 is 1.83 bits per heavy atom. The number of carbonyl (C=O) groups excluding carboxylic acids is 3. The van der Waals surface area contributed by atoms with Gasteiger partial charge in [0.25, 0.3) is 0 Å². The molecule has 2 amide bonds. The van der Waals surface area contributed by atoms with Gasteiger partial charge < -0.3 is 14.8 Å². The molecule has 0 radical (unpaired) electrons. The molecule has 2 aromatic carbocycles. The van der Waals surface area contributed by atoms with Crippen molar-refractivity contribution in [2.45, 2.75) is 27.2 Å². The lowest BCUT2D eigenvalue weighted by atomic mass is 10.1. The van der Waals surface area contributed by atoms with Crippen LogP contribution in [0, 0.1) is 13.8 Å². The van der Waals surface area contributed by atoms with E-state index in [1.54, 1.807) is 37.3 Å². The second-order valence-electron chi connectivity index (χ2n) is 6.48. The molecule has 30 heavy (non-hydrogen) atoms. The highest BCUT2D eigenvalue weighted by molar-refractivity contribution is 6.03. The molecule has 0 spiro atoms. The van der Waals surface area contributed by atoms with Crippen molar-refractivity contribution < 1.29 is 23.9 Å². The van der Waals surface area contributed by atoms with Crippen LogP contribution in [0.5, 0.6) is 5.75 Å².